The van der Waals surface area contributed by atoms with Gasteiger partial charge in [-0.2, -0.15) is 18.3 Å². The first kappa shape index (κ1) is 17.8. The minimum atomic E-state index is -4.60. The average Bonchev–Trinajstić information content (AvgIpc) is 2.94. The van der Waals surface area contributed by atoms with E-state index in [9.17, 15) is 26.7 Å². The predicted octanol–water partition coefficient (Wildman–Crippen LogP) is 4.17. The van der Waals surface area contributed by atoms with Crippen molar-refractivity contribution in [2.45, 2.75) is 12.7 Å². The number of methoxy groups -OCH3 is 1. The Kier molecular flexibility index (Phi) is 4.39. The zero-order valence-electron chi connectivity index (χ0n) is 13.3. The highest BCUT2D eigenvalue weighted by Gasteiger charge is 2.32. The molecule has 26 heavy (non-hydrogen) atoms. The first-order valence-electron chi connectivity index (χ1n) is 7.30. The van der Waals surface area contributed by atoms with Crippen LogP contribution in [0.1, 0.15) is 21.6 Å². The van der Waals surface area contributed by atoms with Gasteiger partial charge >= 0.3 is 12.1 Å². The number of nitrogens with zero attached hydrogens (tertiary/aromatic N) is 2. The minimum absolute atomic E-state index is 0.0621. The molecule has 0 N–H and O–H groups in total. The molecule has 0 unspecified atom stereocenters. The molecule has 0 aliphatic carbocycles. The van der Waals surface area contributed by atoms with E-state index in [0.29, 0.717) is 6.07 Å². The number of hydrogen-bond acceptors (Lipinski definition) is 3. The number of halogens is 5. The van der Waals surface area contributed by atoms with Crippen molar-refractivity contribution >= 4 is 16.9 Å². The lowest BCUT2D eigenvalue weighted by molar-refractivity contribution is -0.137. The van der Waals surface area contributed by atoms with Crippen molar-refractivity contribution in [3.63, 3.8) is 0 Å². The molecular weight excluding hydrogens is 359 g/mol. The Labute approximate surface area is 143 Å². The third-order valence-corrected chi connectivity index (χ3v) is 3.79. The molecule has 0 atom stereocenters. The number of benzene rings is 2. The summed E-state index contributed by atoms with van der Waals surface area (Å²) in [5, 5.41) is 3.88. The number of alkyl halides is 3. The van der Waals surface area contributed by atoms with E-state index in [2.05, 4.69) is 9.84 Å². The lowest BCUT2D eigenvalue weighted by Gasteiger charge is -2.08. The van der Waals surface area contributed by atoms with E-state index >= 15 is 0 Å². The van der Waals surface area contributed by atoms with Crippen molar-refractivity contribution in [1.82, 2.24) is 9.78 Å². The summed E-state index contributed by atoms with van der Waals surface area (Å²) in [7, 11) is 1.07. The molecule has 0 amide bonds. The number of carbonyl (C=O) groups is 1. The predicted molar refractivity (Wildman–Crippen MR) is 81.5 cm³/mol. The number of esters is 1. The monoisotopic (exact) mass is 370 g/mol. The van der Waals surface area contributed by atoms with Crippen LogP contribution in [0.3, 0.4) is 0 Å². The van der Waals surface area contributed by atoms with Crippen LogP contribution in [-0.2, 0) is 17.5 Å². The number of hydrogen-bond donors (Lipinski definition) is 0. The molecule has 3 rings (SSSR count). The minimum Gasteiger partial charge on any atom is -0.464 e. The van der Waals surface area contributed by atoms with E-state index in [1.165, 1.54) is 6.07 Å². The quantitative estimate of drug-likeness (QED) is 0.514. The van der Waals surface area contributed by atoms with E-state index in [1.54, 1.807) is 0 Å². The van der Waals surface area contributed by atoms with Crippen LogP contribution in [0.2, 0.25) is 0 Å². The largest absolute Gasteiger partial charge is 0.464 e. The van der Waals surface area contributed by atoms with Gasteiger partial charge in [0, 0.05) is 17.0 Å². The Bertz CT molecular complexity index is 995. The summed E-state index contributed by atoms with van der Waals surface area (Å²) in [6.45, 7) is -0.203. The second-order valence-electron chi connectivity index (χ2n) is 5.46. The molecule has 0 fully saturated rings. The fourth-order valence-corrected chi connectivity index (χ4v) is 2.53. The maximum atomic E-state index is 13.9. The van der Waals surface area contributed by atoms with E-state index in [0.717, 1.165) is 36.1 Å². The van der Waals surface area contributed by atoms with Crippen LogP contribution < -0.4 is 0 Å². The third-order valence-electron chi connectivity index (χ3n) is 3.79. The summed E-state index contributed by atoms with van der Waals surface area (Å²) in [5.41, 5.74) is -1.03. The van der Waals surface area contributed by atoms with Crippen LogP contribution >= 0.6 is 0 Å². The van der Waals surface area contributed by atoms with Gasteiger partial charge < -0.3 is 4.74 Å². The molecule has 0 aliphatic rings. The van der Waals surface area contributed by atoms with Crippen LogP contribution in [0.25, 0.3) is 10.9 Å². The molecule has 0 saturated heterocycles. The highest BCUT2D eigenvalue weighted by molar-refractivity contribution is 6.02. The van der Waals surface area contributed by atoms with Crippen molar-refractivity contribution in [2.75, 3.05) is 7.11 Å². The normalized spacial score (nSPS) is 11.8. The van der Waals surface area contributed by atoms with Crippen LogP contribution in [-0.4, -0.2) is 22.9 Å². The molecule has 4 nitrogen and oxygen atoms in total. The summed E-state index contributed by atoms with van der Waals surface area (Å²) >= 11 is 0. The molecular formula is C17H11F5N2O2. The number of carbonyl (C=O) groups excluding carboxylic acids is 1. The topological polar surface area (TPSA) is 44.1 Å². The Hall–Kier alpha value is -2.97. The zero-order chi connectivity index (χ0) is 19.1. The highest BCUT2D eigenvalue weighted by atomic mass is 19.4. The first-order valence-corrected chi connectivity index (χ1v) is 7.30. The molecule has 1 heterocycles. The Morgan fingerprint density at radius 1 is 1.15 bits per heavy atom. The smallest absolute Gasteiger partial charge is 0.416 e. The van der Waals surface area contributed by atoms with E-state index in [1.807, 2.05) is 0 Å². The average molecular weight is 370 g/mol. The second-order valence-corrected chi connectivity index (χ2v) is 5.46. The standard InChI is InChI=1S/C17H11F5N2O2/c1-26-16(25)15-12-6-10(17(20,21)22)3-5-14(12)24(23-15)8-9-2-4-11(18)7-13(9)19/h2-7H,8H2,1H3. The molecule has 1 aromatic heterocycles. The molecule has 0 saturated carbocycles. The van der Waals surface area contributed by atoms with Crippen molar-refractivity contribution in [2.24, 2.45) is 0 Å². The van der Waals surface area contributed by atoms with Crippen molar-refractivity contribution in [3.8, 4) is 0 Å². The van der Waals surface area contributed by atoms with Gasteiger partial charge in [-0.05, 0) is 24.3 Å². The first-order chi connectivity index (χ1) is 12.2. The molecule has 0 bridgehead atoms. The van der Waals surface area contributed by atoms with Crippen molar-refractivity contribution in [3.05, 3.63) is 64.9 Å². The van der Waals surface area contributed by atoms with Crippen LogP contribution in [0.4, 0.5) is 22.0 Å². The summed E-state index contributed by atoms with van der Waals surface area (Å²) < 4.78 is 71.4. The molecule has 2 aromatic carbocycles. The second kappa shape index (κ2) is 6.40. The van der Waals surface area contributed by atoms with Gasteiger partial charge in [0.2, 0.25) is 0 Å². The lowest BCUT2D eigenvalue weighted by atomic mass is 10.1. The van der Waals surface area contributed by atoms with Gasteiger partial charge in [-0.25, -0.2) is 13.6 Å². The Morgan fingerprint density at radius 2 is 1.88 bits per heavy atom. The van der Waals surface area contributed by atoms with E-state index in [4.69, 9.17) is 0 Å². The van der Waals surface area contributed by atoms with Gasteiger partial charge in [-0.3, -0.25) is 4.68 Å². The molecule has 136 valence electrons. The van der Waals surface area contributed by atoms with Crippen LogP contribution in [0, 0.1) is 11.6 Å². The lowest BCUT2D eigenvalue weighted by Crippen LogP contribution is -2.07. The van der Waals surface area contributed by atoms with Gasteiger partial charge in [0.15, 0.2) is 5.69 Å². The van der Waals surface area contributed by atoms with E-state index < -0.39 is 29.3 Å². The molecule has 0 spiro atoms. The summed E-state index contributed by atoms with van der Waals surface area (Å²) in [6.07, 6.45) is -4.60. The number of rotatable bonds is 3. The maximum Gasteiger partial charge on any atom is 0.416 e. The fraction of sp³-hybridized carbons (Fsp3) is 0.176. The summed E-state index contributed by atoms with van der Waals surface area (Å²) in [4.78, 5) is 11.9. The van der Waals surface area contributed by atoms with Crippen LogP contribution in [0.15, 0.2) is 36.4 Å². The molecule has 9 heteroatoms. The molecule has 0 aliphatic heterocycles. The van der Waals surface area contributed by atoms with Gasteiger partial charge in [-0.15, -0.1) is 0 Å². The maximum absolute atomic E-state index is 13.9. The SMILES string of the molecule is COC(=O)c1nn(Cc2ccc(F)cc2F)c2ccc(C(F)(F)F)cc12. The van der Waals surface area contributed by atoms with Crippen molar-refractivity contribution < 1.29 is 31.5 Å². The highest BCUT2D eigenvalue weighted by Crippen LogP contribution is 2.32. The van der Waals surface area contributed by atoms with Crippen molar-refractivity contribution in [1.29, 1.82) is 0 Å². The number of ether oxygens (including phenoxy) is 1. The van der Waals surface area contributed by atoms with Gasteiger partial charge in [0.25, 0.3) is 0 Å². The van der Waals surface area contributed by atoms with Gasteiger partial charge in [-0.1, -0.05) is 6.07 Å². The molecule has 3 aromatic rings. The molecule has 0 radical (unpaired) electrons. The third kappa shape index (κ3) is 3.24. The summed E-state index contributed by atoms with van der Waals surface area (Å²) in [5.74, 6) is -2.52. The number of fused-ring (bicyclic) bond motifs is 1. The Balaban J connectivity index is 2.15. The Morgan fingerprint density at radius 3 is 2.50 bits per heavy atom. The van der Waals surface area contributed by atoms with Gasteiger partial charge in [0.1, 0.15) is 11.6 Å². The zero-order valence-corrected chi connectivity index (χ0v) is 13.3. The van der Waals surface area contributed by atoms with Gasteiger partial charge in [0.05, 0.1) is 24.7 Å². The number of aromatic nitrogens is 2. The fourth-order valence-electron chi connectivity index (χ4n) is 2.53. The van der Waals surface area contributed by atoms with E-state index in [-0.39, 0.29) is 28.7 Å². The van der Waals surface area contributed by atoms with Crippen LogP contribution in [0.5, 0.6) is 0 Å². The summed E-state index contributed by atoms with van der Waals surface area (Å²) in [6, 6.07) is 5.69.